The largest absolute Gasteiger partial charge is 0.462 e. The van der Waals surface area contributed by atoms with Crippen molar-refractivity contribution in [3.05, 3.63) is 66.2 Å². The van der Waals surface area contributed by atoms with Crippen LogP contribution in [0, 0.1) is 0 Å². The molecule has 3 aromatic rings. The Morgan fingerprint density at radius 2 is 1.90 bits per heavy atom. The van der Waals surface area contributed by atoms with Crippen LogP contribution in [0.1, 0.15) is 27.8 Å². The maximum absolute atomic E-state index is 12.1. The SMILES string of the molecule is CCOC(=O)c1cccc(Nc2ncnc(NNC(=O)c3ccccn3)c2N)c1. The Balaban J connectivity index is 1.71. The number of hydrazine groups is 1. The zero-order chi connectivity index (χ0) is 20.6. The van der Waals surface area contributed by atoms with E-state index in [1.165, 1.54) is 12.5 Å². The zero-order valence-corrected chi connectivity index (χ0v) is 15.5. The van der Waals surface area contributed by atoms with Crippen LogP contribution in [0.15, 0.2) is 55.0 Å². The fraction of sp³-hybridized carbons (Fsp3) is 0.105. The molecule has 1 aromatic carbocycles. The molecule has 2 heterocycles. The summed E-state index contributed by atoms with van der Waals surface area (Å²) in [6.07, 6.45) is 2.80. The van der Waals surface area contributed by atoms with Crippen molar-refractivity contribution >= 4 is 34.9 Å². The number of anilines is 4. The van der Waals surface area contributed by atoms with Gasteiger partial charge in [0.05, 0.1) is 12.2 Å². The van der Waals surface area contributed by atoms with E-state index in [1.807, 2.05) is 0 Å². The molecule has 0 saturated carbocycles. The molecule has 10 nitrogen and oxygen atoms in total. The maximum atomic E-state index is 12.1. The summed E-state index contributed by atoms with van der Waals surface area (Å²) in [5.41, 5.74) is 12.6. The van der Waals surface area contributed by atoms with Gasteiger partial charge in [-0.2, -0.15) is 0 Å². The van der Waals surface area contributed by atoms with Gasteiger partial charge in [0.15, 0.2) is 11.6 Å². The molecule has 5 N–H and O–H groups in total. The van der Waals surface area contributed by atoms with Gasteiger partial charge in [0, 0.05) is 11.9 Å². The number of nitrogens with zero attached hydrogens (tertiary/aromatic N) is 3. The normalized spacial score (nSPS) is 10.1. The lowest BCUT2D eigenvalue weighted by Crippen LogP contribution is -2.31. The Kier molecular flexibility index (Phi) is 6.15. The van der Waals surface area contributed by atoms with Crippen LogP contribution in [-0.2, 0) is 4.74 Å². The monoisotopic (exact) mass is 393 g/mol. The van der Waals surface area contributed by atoms with Crippen molar-refractivity contribution in [3.8, 4) is 0 Å². The number of rotatable bonds is 7. The standard InChI is InChI=1S/C19H19N7O3/c1-2-29-19(28)12-6-5-7-13(10-12)24-16-15(20)17(23-11-22-16)25-26-18(27)14-8-3-4-9-21-14/h3-11H,2,20H2,1H3,(H,26,27)(H2,22,23,24,25). The third-order valence-electron chi connectivity index (χ3n) is 3.71. The predicted octanol–water partition coefficient (Wildman–Crippen LogP) is 2.13. The van der Waals surface area contributed by atoms with Crippen molar-refractivity contribution in [2.45, 2.75) is 6.92 Å². The second-order valence-corrected chi connectivity index (χ2v) is 5.70. The summed E-state index contributed by atoms with van der Waals surface area (Å²) in [6.45, 7) is 2.03. The predicted molar refractivity (Wildman–Crippen MR) is 107 cm³/mol. The molecular weight excluding hydrogens is 374 g/mol. The van der Waals surface area contributed by atoms with Gasteiger partial charge in [-0.25, -0.2) is 14.8 Å². The Bertz CT molecular complexity index is 1010. The number of carbonyl (C=O) groups excluding carboxylic acids is 2. The first-order valence-electron chi connectivity index (χ1n) is 8.70. The molecule has 2 aromatic heterocycles. The number of nitrogens with one attached hydrogen (secondary N) is 3. The minimum Gasteiger partial charge on any atom is -0.462 e. The van der Waals surface area contributed by atoms with Crippen molar-refractivity contribution < 1.29 is 14.3 Å². The summed E-state index contributed by atoms with van der Waals surface area (Å²) in [5, 5.41) is 3.02. The van der Waals surface area contributed by atoms with Crippen LogP contribution in [0.25, 0.3) is 0 Å². The smallest absolute Gasteiger partial charge is 0.338 e. The van der Waals surface area contributed by atoms with E-state index in [2.05, 4.69) is 31.1 Å². The lowest BCUT2D eigenvalue weighted by molar-refractivity contribution is 0.0526. The highest BCUT2D eigenvalue weighted by atomic mass is 16.5. The van der Waals surface area contributed by atoms with Gasteiger partial charge < -0.3 is 15.8 Å². The van der Waals surface area contributed by atoms with E-state index in [1.54, 1.807) is 49.4 Å². The quantitative estimate of drug-likeness (QED) is 0.350. The van der Waals surface area contributed by atoms with E-state index in [9.17, 15) is 9.59 Å². The molecule has 0 bridgehead atoms. The highest BCUT2D eigenvalue weighted by molar-refractivity contribution is 5.93. The Morgan fingerprint density at radius 3 is 2.66 bits per heavy atom. The molecule has 29 heavy (non-hydrogen) atoms. The molecule has 0 saturated heterocycles. The maximum Gasteiger partial charge on any atom is 0.338 e. The third kappa shape index (κ3) is 4.95. The zero-order valence-electron chi connectivity index (χ0n) is 15.5. The van der Waals surface area contributed by atoms with Crippen molar-refractivity contribution in [1.82, 2.24) is 20.4 Å². The lowest BCUT2D eigenvalue weighted by Gasteiger charge is -2.13. The van der Waals surface area contributed by atoms with E-state index in [0.29, 0.717) is 17.1 Å². The number of pyridine rings is 1. The molecule has 148 valence electrons. The van der Waals surface area contributed by atoms with Crippen molar-refractivity contribution in [2.24, 2.45) is 0 Å². The first-order chi connectivity index (χ1) is 14.1. The van der Waals surface area contributed by atoms with Crippen LogP contribution in [0.4, 0.5) is 23.0 Å². The number of carbonyl (C=O) groups is 2. The second kappa shape index (κ2) is 9.13. The van der Waals surface area contributed by atoms with Crippen LogP contribution in [0.3, 0.4) is 0 Å². The Hall–Kier alpha value is -4.21. The van der Waals surface area contributed by atoms with Crippen LogP contribution < -0.4 is 21.9 Å². The third-order valence-corrected chi connectivity index (χ3v) is 3.71. The Labute approximate surface area is 166 Å². The average Bonchev–Trinajstić information content (AvgIpc) is 2.75. The molecule has 0 fully saturated rings. The number of aromatic nitrogens is 3. The number of hydrogen-bond acceptors (Lipinski definition) is 9. The van der Waals surface area contributed by atoms with Crippen molar-refractivity contribution in [3.63, 3.8) is 0 Å². The first-order valence-corrected chi connectivity index (χ1v) is 8.70. The lowest BCUT2D eigenvalue weighted by atomic mass is 10.2. The number of benzene rings is 1. The molecule has 0 aliphatic rings. The van der Waals surface area contributed by atoms with E-state index in [0.717, 1.165) is 0 Å². The molecule has 0 atom stereocenters. The van der Waals surface area contributed by atoms with Gasteiger partial charge in [-0.05, 0) is 37.3 Å². The summed E-state index contributed by atoms with van der Waals surface area (Å²) < 4.78 is 4.99. The van der Waals surface area contributed by atoms with Gasteiger partial charge in [-0.3, -0.25) is 20.6 Å². The van der Waals surface area contributed by atoms with Gasteiger partial charge in [-0.15, -0.1) is 0 Å². The number of esters is 1. The van der Waals surface area contributed by atoms with E-state index in [-0.39, 0.29) is 23.8 Å². The van der Waals surface area contributed by atoms with Gasteiger partial charge >= 0.3 is 5.97 Å². The first kappa shape index (κ1) is 19.5. The molecule has 0 unspecified atom stereocenters. The molecular formula is C19H19N7O3. The number of amides is 1. The van der Waals surface area contributed by atoms with Crippen LogP contribution >= 0.6 is 0 Å². The molecule has 1 amide bonds. The summed E-state index contributed by atoms with van der Waals surface area (Å²) in [6, 6.07) is 11.7. The summed E-state index contributed by atoms with van der Waals surface area (Å²) in [4.78, 5) is 36.0. The van der Waals surface area contributed by atoms with E-state index in [4.69, 9.17) is 10.5 Å². The number of nitrogens with two attached hydrogens (primary N) is 1. The van der Waals surface area contributed by atoms with E-state index < -0.39 is 11.9 Å². The summed E-state index contributed by atoms with van der Waals surface area (Å²) >= 11 is 0. The highest BCUT2D eigenvalue weighted by Gasteiger charge is 2.12. The van der Waals surface area contributed by atoms with E-state index >= 15 is 0 Å². The fourth-order valence-electron chi connectivity index (χ4n) is 2.35. The van der Waals surface area contributed by atoms with Gasteiger partial charge in [0.25, 0.3) is 5.91 Å². The van der Waals surface area contributed by atoms with Gasteiger partial charge in [0.1, 0.15) is 17.7 Å². The van der Waals surface area contributed by atoms with Crippen LogP contribution in [0.5, 0.6) is 0 Å². The average molecular weight is 393 g/mol. The molecule has 0 radical (unpaired) electrons. The molecule has 0 spiro atoms. The van der Waals surface area contributed by atoms with Crippen molar-refractivity contribution in [2.75, 3.05) is 23.1 Å². The molecule has 0 aliphatic carbocycles. The van der Waals surface area contributed by atoms with Gasteiger partial charge in [-0.1, -0.05) is 12.1 Å². The second-order valence-electron chi connectivity index (χ2n) is 5.70. The summed E-state index contributed by atoms with van der Waals surface area (Å²) in [7, 11) is 0. The Morgan fingerprint density at radius 1 is 1.07 bits per heavy atom. The van der Waals surface area contributed by atoms with Crippen LogP contribution in [-0.4, -0.2) is 33.4 Å². The molecule has 0 aliphatic heterocycles. The van der Waals surface area contributed by atoms with Crippen LogP contribution in [0.2, 0.25) is 0 Å². The summed E-state index contributed by atoms with van der Waals surface area (Å²) in [5.74, 6) is -0.365. The van der Waals surface area contributed by atoms with Gasteiger partial charge in [0.2, 0.25) is 0 Å². The topological polar surface area (TPSA) is 144 Å². The molecule has 3 rings (SSSR count). The minimum absolute atomic E-state index is 0.176. The number of nitrogen functional groups attached to an aromatic ring is 1. The highest BCUT2D eigenvalue weighted by Crippen LogP contribution is 2.25. The minimum atomic E-state index is -0.444. The number of hydrogen-bond donors (Lipinski definition) is 4. The fourth-order valence-corrected chi connectivity index (χ4v) is 2.35. The molecule has 10 heteroatoms. The number of ether oxygens (including phenoxy) is 1. The van der Waals surface area contributed by atoms with Crippen molar-refractivity contribution in [1.29, 1.82) is 0 Å².